The Morgan fingerprint density at radius 2 is 1.95 bits per heavy atom. The van der Waals surface area contributed by atoms with E-state index < -0.39 is 6.09 Å². The minimum Gasteiger partial charge on any atom is -0.444 e. The molecule has 0 saturated carbocycles. The second kappa shape index (κ2) is 6.30. The number of carbonyl (C=O) groups excluding carboxylic acids is 1. The Kier molecular flexibility index (Phi) is 4.23. The molecule has 0 unspecified atom stereocenters. The van der Waals surface area contributed by atoms with Gasteiger partial charge in [0.1, 0.15) is 6.61 Å². The van der Waals surface area contributed by atoms with Gasteiger partial charge in [-0.05, 0) is 5.56 Å². The highest BCUT2D eigenvalue weighted by Gasteiger charge is 2.05. The van der Waals surface area contributed by atoms with Crippen LogP contribution in [0.15, 0.2) is 49.3 Å². The van der Waals surface area contributed by atoms with Crippen LogP contribution in [0.1, 0.15) is 11.1 Å². The number of ether oxygens (including phenoxy) is 1. The summed E-state index contributed by atoms with van der Waals surface area (Å²) >= 11 is 0. The van der Waals surface area contributed by atoms with Crippen LogP contribution in [0.2, 0.25) is 0 Å². The first-order valence-corrected chi connectivity index (χ1v) is 5.70. The molecule has 1 N–H and O–H groups in total. The van der Waals surface area contributed by atoms with Gasteiger partial charge in [0.25, 0.3) is 0 Å². The Hall–Kier alpha value is -2.69. The van der Waals surface area contributed by atoms with Crippen LogP contribution in [0.25, 0.3) is 6.08 Å². The maximum Gasteiger partial charge on any atom is 0.414 e. The van der Waals surface area contributed by atoms with Crippen molar-refractivity contribution in [1.82, 2.24) is 9.97 Å². The molecule has 0 bridgehead atoms. The summed E-state index contributed by atoms with van der Waals surface area (Å²) in [6.07, 6.45) is 4.16. The van der Waals surface area contributed by atoms with Gasteiger partial charge in [-0.15, -0.1) is 0 Å². The van der Waals surface area contributed by atoms with E-state index in [-0.39, 0.29) is 12.6 Å². The summed E-state index contributed by atoms with van der Waals surface area (Å²) < 4.78 is 5.04. The van der Waals surface area contributed by atoms with Crippen LogP contribution >= 0.6 is 0 Å². The Balaban J connectivity index is 1.85. The third-order valence-corrected chi connectivity index (χ3v) is 2.33. The van der Waals surface area contributed by atoms with Gasteiger partial charge in [-0.3, -0.25) is 5.32 Å². The lowest BCUT2D eigenvalue weighted by Gasteiger charge is -2.05. The number of carbonyl (C=O) groups is 1. The molecule has 1 amide bonds. The molecule has 19 heavy (non-hydrogen) atoms. The van der Waals surface area contributed by atoms with Crippen LogP contribution in [-0.2, 0) is 11.3 Å². The lowest BCUT2D eigenvalue weighted by atomic mass is 10.2. The van der Waals surface area contributed by atoms with Crippen molar-refractivity contribution in [2.45, 2.75) is 6.61 Å². The van der Waals surface area contributed by atoms with Crippen LogP contribution in [0.3, 0.4) is 0 Å². The van der Waals surface area contributed by atoms with Crippen molar-refractivity contribution in [2.24, 2.45) is 0 Å². The third kappa shape index (κ3) is 3.92. The number of amides is 1. The molecule has 0 fully saturated rings. The molecule has 1 heterocycles. The molecule has 5 nitrogen and oxygen atoms in total. The smallest absolute Gasteiger partial charge is 0.414 e. The van der Waals surface area contributed by atoms with Crippen LogP contribution < -0.4 is 5.32 Å². The van der Waals surface area contributed by atoms with E-state index >= 15 is 0 Å². The molecule has 0 aliphatic heterocycles. The maximum atomic E-state index is 11.5. The Morgan fingerprint density at radius 3 is 2.58 bits per heavy atom. The summed E-state index contributed by atoms with van der Waals surface area (Å²) in [6, 6.07) is 9.42. The zero-order valence-corrected chi connectivity index (χ0v) is 10.2. The van der Waals surface area contributed by atoms with E-state index in [0.29, 0.717) is 0 Å². The molecule has 2 aromatic rings. The van der Waals surface area contributed by atoms with Gasteiger partial charge in [0.2, 0.25) is 5.95 Å². The van der Waals surface area contributed by atoms with E-state index in [1.165, 1.54) is 0 Å². The number of nitrogens with one attached hydrogen (secondary N) is 1. The number of anilines is 1. The van der Waals surface area contributed by atoms with E-state index in [2.05, 4.69) is 21.9 Å². The fourth-order valence-electron chi connectivity index (χ4n) is 1.36. The van der Waals surface area contributed by atoms with Crippen molar-refractivity contribution in [2.75, 3.05) is 5.32 Å². The number of benzene rings is 1. The highest BCUT2D eigenvalue weighted by atomic mass is 16.5. The Morgan fingerprint density at radius 1 is 1.26 bits per heavy atom. The summed E-state index contributed by atoms with van der Waals surface area (Å²) in [5, 5.41) is 2.45. The first-order valence-electron chi connectivity index (χ1n) is 5.70. The van der Waals surface area contributed by atoms with Crippen molar-refractivity contribution < 1.29 is 9.53 Å². The van der Waals surface area contributed by atoms with Gasteiger partial charge in [0.05, 0.1) is 0 Å². The SMILES string of the molecule is C=Cc1cnc(NC(=O)OCc2ccccc2)nc1. The molecule has 0 saturated heterocycles. The lowest BCUT2D eigenvalue weighted by Crippen LogP contribution is -2.15. The second-order valence-corrected chi connectivity index (χ2v) is 3.73. The highest BCUT2D eigenvalue weighted by Crippen LogP contribution is 2.04. The fraction of sp³-hybridized carbons (Fsp3) is 0.0714. The predicted octanol–water partition coefficient (Wildman–Crippen LogP) is 2.87. The van der Waals surface area contributed by atoms with Crippen LogP contribution in [-0.4, -0.2) is 16.1 Å². The van der Waals surface area contributed by atoms with Crippen LogP contribution in [0.4, 0.5) is 10.7 Å². The van der Waals surface area contributed by atoms with E-state index in [1.54, 1.807) is 18.5 Å². The Bertz CT molecular complexity index is 553. The van der Waals surface area contributed by atoms with E-state index in [9.17, 15) is 4.79 Å². The highest BCUT2D eigenvalue weighted by molar-refractivity contribution is 5.82. The summed E-state index contributed by atoms with van der Waals surface area (Å²) in [6.45, 7) is 3.80. The Labute approximate surface area is 111 Å². The summed E-state index contributed by atoms with van der Waals surface area (Å²) in [7, 11) is 0. The molecule has 0 aliphatic carbocycles. The summed E-state index contributed by atoms with van der Waals surface area (Å²) in [5.41, 5.74) is 1.70. The van der Waals surface area contributed by atoms with Crippen molar-refractivity contribution in [3.05, 3.63) is 60.4 Å². The first-order chi connectivity index (χ1) is 9.28. The molecular weight excluding hydrogens is 242 g/mol. The molecule has 1 aromatic carbocycles. The average molecular weight is 255 g/mol. The van der Waals surface area contributed by atoms with Crippen molar-refractivity contribution >= 4 is 18.1 Å². The topological polar surface area (TPSA) is 64.1 Å². The first kappa shape index (κ1) is 12.8. The molecule has 96 valence electrons. The molecule has 0 atom stereocenters. The maximum absolute atomic E-state index is 11.5. The van der Waals surface area contributed by atoms with Gasteiger partial charge in [-0.25, -0.2) is 14.8 Å². The largest absolute Gasteiger partial charge is 0.444 e. The standard InChI is InChI=1S/C14H13N3O2/c1-2-11-8-15-13(16-9-11)17-14(18)19-10-12-6-4-3-5-7-12/h2-9H,1,10H2,(H,15,16,17,18). The molecular formula is C14H13N3O2. The molecule has 1 aromatic heterocycles. The number of hydrogen-bond acceptors (Lipinski definition) is 4. The van der Waals surface area contributed by atoms with Gasteiger partial charge in [0.15, 0.2) is 0 Å². The lowest BCUT2D eigenvalue weighted by molar-refractivity contribution is 0.155. The van der Waals surface area contributed by atoms with Gasteiger partial charge < -0.3 is 4.74 Å². The fourth-order valence-corrected chi connectivity index (χ4v) is 1.36. The minimum atomic E-state index is -0.588. The monoisotopic (exact) mass is 255 g/mol. The molecule has 5 heteroatoms. The van der Waals surface area contributed by atoms with E-state index in [4.69, 9.17) is 4.74 Å². The summed E-state index contributed by atoms with van der Waals surface area (Å²) in [5.74, 6) is 0.198. The van der Waals surface area contributed by atoms with Gasteiger partial charge >= 0.3 is 6.09 Å². The molecule has 0 aliphatic rings. The number of hydrogen-bond donors (Lipinski definition) is 1. The normalized spacial score (nSPS) is 9.68. The average Bonchev–Trinajstić information content (AvgIpc) is 2.47. The van der Waals surface area contributed by atoms with Gasteiger partial charge in [-0.1, -0.05) is 43.0 Å². The number of aromatic nitrogens is 2. The van der Waals surface area contributed by atoms with E-state index in [1.807, 2.05) is 30.3 Å². The minimum absolute atomic E-state index is 0.198. The third-order valence-electron chi connectivity index (χ3n) is 2.33. The number of rotatable bonds is 4. The van der Waals surface area contributed by atoms with Crippen LogP contribution in [0.5, 0.6) is 0 Å². The number of nitrogens with zero attached hydrogens (tertiary/aromatic N) is 2. The zero-order chi connectivity index (χ0) is 13.5. The quantitative estimate of drug-likeness (QED) is 0.912. The molecule has 0 spiro atoms. The zero-order valence-electron chi connectivity index (χ0n) is 10.2. The molecule has 2 rings (SSSR count). The predicted molar refractivity (Wildman–Crippen MR) is 72.4 cm³/mol. The van der Waals surface area contributed by atoms with Gasteiger partial charge in [0, 0.05) is 18.0 Å². The second-order valence-electron chi connectivity index (χ2n) is 3.73. The van der Waals surface area contributed by atoms with Crippen molar-refractivity contribution in [3.8, 4) is 0 Å². The van der Waals surface area contributed by atoms with Crippen molar-refractivity contribution in [1.29, 1.82) is 0 Å². The van der Waals surface area contributed by atoms with Gasteiger partial charge in [-0.2, -0.15) is 0 Å². The summed E-state index contributed by atoms with van der Waals surface area (Å²) in [4.78, 5) is 19.4. The molecule has 0 radical (unpaired) electrons. The van der Waals surface area contributed by atoms with Crippen LogP contribution in [0, 0.1) is 0 Å². The van der Waals surface area contributed by atoms with Crippen molar-refractivity contribution in [3.63, 3.8) is 0 Å². The van der Waals surface area contributed by atoms with E-state index in [0.717, 1.165) is 11.1 Å².